The van der Waals surface area contributed by atoms with Gasteiger partial charge in [-0.1, -0.05) is 19.1 Å². The van der Waals surface area contributed by atoms with E-state index in [1.165, 1.54) is 7.11 Å². The standard InChI is InChI=1S/C14H17NO4.ClH/c1-8(13(16)18-2)12(15)6-9-3-4-11-10(5-9)7-19-14(11)17;/h3-5,8,12H,6-7,15H2,1-2H3;1H. The van der Waals surface area contributed by atoms with Crippen LogP contribution < -0.4 is 5.73 Å². The van der Waals surface area contributed by atoms with E-state index >= 15 is 0 Å². The highest BCUT2D eigenvalue weighted by atomic mass is 35.5. The van der Waals surface area contributed by atoms with E-state index in [1.54, 1.807) is 13.0 Å². The third-order valence-corrected chi connectivity index (χ3v) is 3.43. The number of rotatable bonds is 4. The van der Waals surface area contributed by atoms with Crippen LogP contribution in [-0.4, -0.2) is 25.1 Å². The van der Waals surface area contributed by atoms with Gasteiger partial charge in [0.15, 0.2) is 0 Å². The van der Waals surface area contributed by atoms with Crippen LogP contribution in [0.3, 0.4) is 0 Å². The lowest BCUT2D eigenvalue weighted by Gasteiger charge is -2.17. The molecule has 0 fully saturated rings. The van der Waals surface area contributed by atoms with Crippen molar-refractivity contribution in [1.29, 1.82) is 0 Å². The van der Waals surface area contributed by atoms with Crippen molar-refractivity contribution < 1.29 is 19.1 Å². The monoisotopic (exact) mass is 299 g/mol. The lowest BCUT2D eigenvalue weighted by atomic mass is 9.94. The van der Waals surface area contributed by atoms with Gasteiger partial charge in [0.2, 0.25) is 0 Å². The maximum atomic E-state index is 11.4. The Kier molecular flexibility index (Phi) is 5.53. The van der Waals surface area contributed by atoms with Crippen molar-refractivity contribution in [3.63, 3.8) is 0 Å². The Balaban J connectivity index is 0.00000200. The number of halogens is 1. The van der Waals surface area contributed by atoms with E-state index in [1.807, 2.05) is 12.1 Å². The Morgan fingerprint density at radius 2 is 2.20 bits per heavy atom. The Morgan fingerprint density at radius 1 is 1.50 bits per heavy atom. The molecule has 110 valence electrons. The van der Waals surface area contributed by atoms with Crippen molar-refractivity contribution >= 4 is 24.3 Å². The van der Waals surface area contributed by atoms with Crippen LogP contribution in [0.4, 0.5) is 0 Å². The average molecular weight is 300 g/mol. The second-order valence-electron chi connectivity index (χ2n) is 4.75. The number of fused-ring (bicyclic) bond motifs is 1. The summed E-state index contributed by atoms with van der Waals surface area (Å²) in [6.45, 7) is 2.06. The van der Waals surface area contributed by atoms with Crippen LogP contribution in [0.2, 0.25) is 0 Å². The van der Waals surface area contributed by atoms with Crippen molar-refractivity contribution in [1.82, 2.24) is 0 Å². The quantitative estimate of drug-likeness (QED) is 0.852. The molecule has 2 rings (SSSR count). The zero-order chi connectivity index (χ0) is 14.0. The fourth-order valence-electron chi connectivity index (χ4n) is 2.12. The van der Waals surface area contributed by atoms with Gasteiger partial charge in [-0.3, -0.25) is 4.79 Å². The van der Waals surface area contributed by atoms with E-state index in [9.17, 15) is 9.59 Å². The van der Waals surface area contributed by atoms with Crippen LogP contribution in [0, 0.1) is 5.92 Å². The molecule has 0 aliphatic carbocycles. The molecular weight excluding hydrogens is 282 g/mol. The number of cyclic esters (lactones) is 1. The summed E-state index contributed by atoms with van der Waals surface area (Å²) < 4.78 is 9.62. The van der Waals surface area contributed by atoms with Crippen molar-refractivity contribution in [2.45, 2.75) is 26.0 Å². The first kappa shape index (κ1) is 16.5. The van der Waals surface area contributed by atoms with E-state index in [4.69, 9.17) is 10.5 Å². The lowest BCUT2D eigenvalue weighted by Crippen LogP contribution is -2.36. The fourth-order valence-corrected chi connectivity index (χ4v) is 2.12. The van der Waals surface area contributed by atoms with Crippen molar-refractivity contribution in [3.8, 4) is 0 Å². The summed E-state index contributed by atoms with van der Waals surface area (Å²) >= 11 is 0. The molecule has 20 heavy (non-hydrogen) atoms. The highest BCUT2D eigenvalue weighted by molar-refractivity contribution is 5.93. The summed E-state index contributed by atoms with van der Waals surface area (Å²) in [5, 5.41) is 0. The Bertz CT molecular complexity index is 518. The first-order valence-corrected chi connectivity index (χ1v) is 6.15. The number of hydrogen-bond acceptors (Lipinski definition) is 5. The van der Waals surface area contributed by atoms with E-state index in [2.05, 4.69) is 4.74 Å². The number of methoxy groups -OCH3 is 1. The maximum Gasteiger partial charge on any atom is 0.338 e. The molecule has 0 aromatic heterocycles. The average Bonchev–Trinajstić information content (AvgIpc) is 2.78. The van der Waals surface area contributed by atoms with E-state index in [0.717, 1.165) is 11.1 Å². The number of hydrogen-bond donors (Lipinski definition) is 1. The van der Waals surface area contributed by atoms with Gasteiger partial charge in [0.25, 0.3) is 0 Å². The molecular formula is C14H18ClNO4. The number of benzene rings is 1. The van der Waals surface area contributed by atoms with Gasteiger partial charge in [-0.05, 0) is 18.1 Å². The van der Waals surface area contributed by atoms with Gasteiger partial charge in [0.1, 0.15) is 6.61 Å². The summed E-state index contributed by atoms with van der Waals surface area (Å²) in [6.07, 6.45) is 0.553. The minimum Gasteiger partial charge on any atom is -0.469 e. The van der Waals surface area contributed by atoms with Gasteiger partial charge in [-0.25, -0.2) is 4.79 Å². The van der Waals surface area contributed by atoms with Crippen LogP contribution in [0.5, 0.6) is 0 Å². The molecule has 0 radical (unpaired) electrons. The normalized spacial score (nSPS) is 15.7. The zero-order valence-corrected chi connectivity index (χ0v) is 12.2. The summed E-state index contributed by atoms with van der Waals surface area (Å²) in [7, 11) is 1.35. The number of carbonyl (C=O) groups is 2. The van der Waals surface area contributed by atoms with Gasteiger partial charge in [0, 0.05) is 11.6 Å². The second kappa shape index (κ2) is 6.72. The molecule has 2 N–H and O–H groups in total. The number of nitrogens with two attached hydrogens (primary N) is 1. The first-order valence-electron chi connectivity index (χ1n) is 6.15. The van der Waals surface area contributed by atoms with Gasteiger partial charge in [0.05, 0.1) is 18.6 Å². The van der Waals surface area contributed by atoms with Crippen LogP contribution in [-0.2, 0) is 27.3 Å². The van der Waals surface area contributed by atoms with Crippen molar-refractivity contribution in [2.24, 2.45) is 11.7 Å². The highest BCUT2D eigenvalue weighted by Crippen LogP contribution is 2.22. The van der Waals surface area contributed by atoms with E-state index < -0.39 is 0 Å². The fraction of sp³-hybridized carbons (Fsp3) is 0.429. The van der Waals surface area contributed by atoms with Crippen molar-refractivity contribution in [3.05, 3.63) is 34.9 Å². The SMILES string of the molecule is COC(=O)C(C)C(N)Cc1ccc2c(c1)COC2=O.Cl. The third kappa shape index (κ3) is 3.29. The molecule has 0 bridgehead atoms. The van der Waals surface area contributed by atoms with Gasteiger partial charge in [-0.15, -0.1) is 12.4 Å². The summed E-state index contributed by atoms with van der Waals surface area (Å²) in [4.78, 5) is 22.7. The minimum absolute atomic E-state index is 0. The molecule has 0 saturated heterocycles. The van der Waals surface area contributed by atoms with Crippen LogP contribution in [0.25, 0.3) is 0 Å². The molecule has 1 heterocycles. The molecule has 0 saturated carbocycles. The molecule has 1 aromatic rings. The Hall–Kier alpha value is -1.59. The highest BCUT2D eigenvalue weighted by Gasteiger charge is 2.24. The lowest BCUT2D eigenvalue weighted by molar-refractivity contribution is -0.145. The second-order valence-corrected chi connectivity index (χ2v) is 4.75. The first-order chi connectivity index (χ1) is 9.02. The van der Waals surface area contributed by atoms with Gasteiger partial charge >= 0.3 is 11.9 Å². The molecule has 1 aliphatic rings. The van der Waals surface area contributed by atoms with E-state index in [-0.39, 0.29) is 36.3 Å². The Labute approximate surface area is 123 Å². The molecule has 5 nitrogen and oxygen atoms in total. The van der Waals surface area contributed by atoms with Crippen molar-refractivity contribution in [2.75, 3.05) is 7.11 Å². The van der Waals surface area contributed by atoms with Gasteiger partial charge in [-0.2, -0.15) is 0 Å². The molecule has 2 unspecified atom stereocenters. The van der Waals surface area contributed by atoms with Crippen LogP contribution in [0.1, 0.15) is 28.4 Å². The summed E-state index contributed by atoms with van der Waals surface area (Å²) in [5.74, 6) is -0.961. The third-order valence-electron chi connectivity index (χ3n) is 3.43. The molecule has 0 spiro atoms. The summed E-state index contributed by atoms with van der Waals surface area (Å²) in [6, 6.07) is 5.18. The zero-order valence-electron chi connectivity index (χ0n) is 11.4. The molecule has 2 atom stereocenters. The van der Waals surface area contributed by atoms with Crippen LogP contribution in [0.15, 0.2) is 18.2 Å². The molecule has 1 aromatic carbocycles. The summed E-state index contributed by atoms with van der Waals surface area (Å²) in [5.41, 5.74) is 8.47. The Morgan fingerprint density at radius 3 is 2.85 bits per heavy atom. The smallest absolute Gasteiger partial charge is 0.338 e. The predicted molar refractivity (Wildman–Crippen MR) is 75.7 cm³/mol. The topological polar surface area (TPSA) is 78.6 Å². The number of carbonyl (C=O) groups excluding carboxylic acids is 2. The predicted octanol–water partition coefficient (Wildman–Crippen LogP) is 1.46. The molecule has 0 amide bonds. The molecule has 1 aliphatic heterocycles. The number of esters is 2. The van der Waals surface area contributed by atoms with Crippen LogP contribution >= 0.6 is 12.4 Å². The largest absolute Gasteiger partial charge is 0.469 e. The maximum absolute atomic E-state index is 11.4. The molecule has 6 heteroatoms. The minimum atomic E-state index is -0.365. The van der Waals surface area contributed by atoms with Gasteiger partial charge < -0.3 is 15.2 Å². The van der Waals surface area contributed by atoms with E-state index in [0.29, 0.717) is 18.6 Å². The number of ether oxygens (including phenoxy) is 2.